The Balaban J connectivity index is 2.15. The topological polar surface area (TPSA) is 52.6 Å². The number of cyclic esters (lactones) is 1. The Morgan fingerprint density at radius 1 is 1.50 bits per heavy atom. The molecule has 1 fully saturated rings. The molecule has 0 saturated carbocycles. The maximum absolute atomic E-state index is 11.5. The van der Waals surface area contributed by atoms with Gasteiger partial charge in [0, 0.05) is 6.42 Å². The Kier molecular flexibility index (Phi) is 3.65. The Morgan fingerprint density at radius 2 is 2.28 bits per heavy atom. The van der Waals surface area contributed by atoms with E-state index in [9.17, 15) is 9.59 Å². The number of carbonyl (C=O) groups excluding carboxylic acids is 2. The summed E-state index contributed by atoms with van der Waals surface area (Å²) in [6.45, 7) is 3.92. The van der Waals surface area contributed by atoms with E-state index in [1.54, 1.807) is 0 Å². The van der Waals surface area contributed by atoms with E-state index in [2.05, 4.69) is 0 Å². The van der Waals surface area contributed by atoms with E-state index in [-0.39, 0.29) is 11.9 Å². The molecule has 2 rings (SSSR count). The smallest absolute Gasteiger partial charge is 0.317 e. The molecule has 0 N–H and O–H groups in total. The van der Waals surface area contributed by atoms with Crippen LogP contribution in [0.2, 0.25) is 0 Å². The molecule has 1 aliphatic rings. The minimum absolute atomic E-state index is 0.136. The van der Waals surface area contributed by atoms with E-state index in [0.29, 0.717) is 13.0 Å². The first-order valence-corrected chi connectivity index (χ1v) is 6.05. The molecule has 1 aromatic carbocycles. The van der Waals surface area contributed by atoms with Gasteiger partial charge in [0.2, 0.25) is 0 Å². The van der Waals surface area contributed by atoms with Gasteiger partial charge in [-0.3, -0.25) is 9.59 Å². The quantitative estimate of drug-likeness (QED) is 0.606. The summed E-state index contributed by atoms with van der Waals surface area (Å²) < 4.78 is 10.6. The van der Waals surface area contributed by atoms with Crippen LogP contribution in [0.4, 0.5) is 0 Å². The second kappa shape index (κ2) is 5.21. The number of benzene rings is 1. The molecule has 1 aromatic rings. The summed E-state index contributed by atoms with van der Waals surface area (Å²) in [6.07, 6.45) is 0.0795. The third kappa shape index (κ3) is 2.53. The molecule has 0 aliphatic carbocycles. The maximum Gasteiger partial charge on any atom is 0.317 e. The van der Waals surface area contributed by atoms with Crippen LogP contribution in [0.5, 0.6) is 5.75 Å². The molecule has 96 valence electrons. The zero-order valence-corrected chi connectivity index (χ0v) is 10.5. The lowest BCUT2D eigenvalue weighted by molar-refractivity contribution is -0.146. The predicted octanol–water partition coefficient (Wildman–Crippen LogP) is 2.28. The average molecular weight is 248 g/mol. The maximum atomic E-state index is 11.5. The van der Waals surface area contributed by atoms with Crippen molar-refractivity contribution in [1.82, 2.24) is 0 Å². The molecule has 0 radical (unpaired) electrons. The number of rotatable bonds is 4. The minimum atomic E-state index is -0.620. The van der Waals surface area contributed by atoms with E-state index in [4.69, 9.17) is 9.47 Å². The third-order valence-electron chi connectivity index (χ3n) is 3.02. The fraction of sp³-hybridized carbons (Fsp3) is 0.429. The van der Waals surface area contributed by atoms with Gasteiger partial charge in [-0.2, -0.15) is 0 Å². The largest absolute Gasteiger partial charge is 0.494 e. The third-order valence-corrected chi connectivity index (χ3v) is 3.02. The number of esters is 1. The van der Waals surface area contributed by atoms with Gasteiger partial charge < -0.3 is 9.47 Å². The van der Waals surface area contributed by atoms with Crippen LogP contribution in [-0.4, -0.2) is 18.4 Å². The van der Waals surface area contributed by atoms with Crippen LogP contribution < -0.4 is 4.74 Å². The number of carbonyl (C=O) groups is 2. The van der Waals surface area contributed by atoms with Crippen molar-refractivity contribution in [3.8, 4) is 5.75 Å². The molecular weight excluding hydrogens is 232 g/mol. The van der Waals surface area contributed by atoms with Crippen molar-refractivity contribution in [2.24, 2.45) is 5.92 Å². The van der Waals surface area contributed by atoms with Crippen molar-refractivity contribution in [1.29, 1.82) is 0 Å². The summed E-state index contributed by atoms with van der Waals surface area (Å²) in [4.78, 5) is 22.8. The van der Waals surface area contributed by atoms with Gasteiger partial charge >= 0.3 is 5.97 Å². The van der Waals surface area contributed by atoms with E-state index in [0.717, 1.165) is 11.3 Å². The Morgan fingerprint density at radius 3 is 2.89 bits per heavy atom. The summed E-state index contributed by atoms with van der Waals surface area (Å²) in [5, 5.41) is 0. The molecule has 1 saturated heterocycles. The molecule has 18 heavy (non-hydrogen) atoms. The molecule has 0 bridgehead atoms. The van der Waals surface area contributed by atoms with Gasteiger partial charge in [-0.05, 0) is 31.5 Å². The van der Waals surface area contributed by atoms with Crippen LogP contribution in [0.3, 0.4) is 0 Å². The first-order valence-electron chi connectivity index (χ1n) is 6.05. The van der Waals surface area contributed by atoms with Gasteiger partial charge in [0.05, 0.1) is 6.61 Å². The lowest BCUT2D eigenvalue weighted by atomic mass is 9.97. The van der Waals surface area contributed by atoms with Crippen LogP contribution in [0.15, 0.2) is 24.3 Å². The number of ether oxygens (including phenoxy) is 2. The standard InChI is InChI=1S/C14H16O4/c1-3-17-11-6-4-5-10(7-11)13-8-12(9(2)15)14(16)18-13/h4-7,12-13H,3,8H2,1-2H3. The first-order chi connectivity index (χ1) is 8.61. The summed E-state index contributed by atoms with van der Waals surface area (Å²) >= 11 is 0. The van der Waals surface area contributed by atoms with Gasteiger partial charge in [0.25, 0.3) is 0 Å². The summed E-state index contributed by atoms with van der Waals surface area (Å²) in [5.74, 6) is -0.430. The fourth-order valence-electron chi connectivity index (χ4n) is 2.09. The highest BCUT2D eigenvalue weighted by Gasteiger charge is 2.38. The highest BCUT2D eigenvalue weighted by atomic mass is 16.6. The minimum Gasteiger partial charge on any atom is -0.494 e. The number of hydrogen-bond acceptors (Lipinski definition) is 4. The van der Waals surface area contributed by atoms with Gasteiger partial charge in [-0.15, -0.1) is 0 Å². The summed E-state index contributed by atoms with van der Waals surface area (Å²) in [5.41, 5.74) is 0.873. The number of hydrogen-bond donors (Lipinski definition) is 0. The number of ketones is 1. The molecule has 2 atom stereocenters. The molecular formula is C14H16O4. The van der Waals surface area contributed by atoms with Crippen LogP contribution in [0.1, 0.15) is 31.9 Å². The van der Waals surface area contributed by atoms with Crippen molar-refractivity contribution in [2.75, 3.05) is 6.61 Å². The van der Waals surface area contributed by atoms with Crippen molar-refractivity contribution >= 4 is 11.8 Å². The second-order valence-corrected chi connectivity index (χ2v) is 4.33. The zero-order chi connectivity index (χ0) is 13.1. The van der Waals surface area contributed by atoms with Gasteiger partial charge in [0.1, 0.15) is 23.6 Å². The van der Waals surface area contributed by atoms with Crippen molar-refractivity contribution in [2.45, 2.75) is 26.4 Å². The Bertz CT molecular complexity index is 467. The van der Waals surface area contributed by atoms with Crippen molar-refractivity contribution in [3.63, 3.8) is 0 Å². The first kappa shape index (κ1) is 12.6. The van der Waals surface area contributed by atoms with Crippen LogP contribution >= 0.6 is 0 Å². The normalized spacial score (nSPS) is 22.7. The zero-order valence-electron chi connectivity index (χ0n) is 10.5. The van der Waals surface area contributed by atoms with Crippen molar-refractivity contribution in [3.05, 3.63) is 29.8 Å². The summed E-state index contributed by atoms with van der Waals surface area (Å²) in [7, 11) is 0. The van der Waals surface area contributed by atoms with Crippen LogP contribution in [0.25, 0.3) is 0 Å². The predicted molar refractivity (Wildman–Crippen MR) is 65.2 cm³/mol. The van der Waals surface area contributed by atoms with E-state index >= 15 is 0 Å². The molecule has 0 aromatic heterocycles. The van der Waals surface area contributed by atoms with Gasteiger partial charge in [0.15, 0.2) is 0 Å². The second-order valence-electron chi connectivity index (χ2n) is 4.33. The van der Waals surface area contributed by atoms with E-state index in [1.807, 2.05) is 31.2 Å². The lowest BCUT2D eigenvalue weighted by Gasteiger charge is -2.11. The number of Topliss-reactive ketones (excluding diaryl/α,β-unsaturated/α-hetero) is 1. The Hall–Kier alpha value is -1.84. The fourth-order valence-corrected chi connectivity index (χ4v) is 2.09. The molecule has 2 unspecified atom stereocenters. The molecule has 1 aliphatic heterocycles. The van der Waals surface area contributed by atoms with Gasteiger partial charge in [-0.1, -0.05) is 12.1 Å². The van der Waals surface area contributed by atoms with Gasteiger partial charge in [-0.25, -0.2) is 0 Å². The SMILES string of the molecule is CCOc1cccc(C2CC(C(C)=O)C(=O)O2)c1. The highest BCUT2D eigenvalue weighted by molar-refractivity contribution is 5.98. The van der Waals surface area contributed by atoms with Crippen LogP contribution in [0, 0.1) is 5.92 Å². The molecule has 0 spiro atoms. The highest BCUT2D eigenvalue weighted by Crippen LogP contribution is 2.35. The summed E-state index contributed by atoms with van der Waals surface area (Å²) in [6, 6.07) is 7.44. The molecule has 4 heteroatoms. The lowest BCUT2D eigenvalue weighted by Crippen LogP contribution is -2.15. The molecule has 0 amide bonds. The molecule has 4 nitrogen and oxygen atoms in total. The van der Waals surface area contributed by atoms with E-state index in [1.165, 1.54) is 6.92 Å². The van der Waals surface area contributed by atoms with Crippen LogP contribution in [-0.2, 0) is 14.3 Å². The Labute approximate surface area is 106 Å². The monoisotopic (exact) mass is 248 g/mol. The van der Waals surface area contributed by atoms with Crippen molar-refractivity contribution < 1.29 is 19.1 Å². The van der Waals surface area contributed by atoms with E-state index < -0.39 is 11.9 Å². The average Bonchev–Trinajstić information content (AvgIpc) is 2.72. The molecule has 1 heterocycles.